The minimum atomic E-state index is -0.719. The highest BCUT2D eigenvalue weighted by atomic mass is 35.5. The monoisotopic (exact) mass is 266 g/mol. The maximum atomic E-state index is 11.9. The van der Waals surface area contributed by atoms with E-state index in [0.29, 0.717) is 16.2 Å². The third kappa shape index (κ3) is 3.20. The molecule has 0 unspecified atom stereocenters. The smallest absolute Gasteiger partial charge is 0.347 e. The van der Waals surface area contributed by atoms with Gasteiger partial charge in [0.1, 0.15) is 0 Å². The highest BCUT2D eigenvalue weighted by Gasteiger charge is 2.19. The molecule has 0 spiro atoms. The summed E-state index contributed by atoms with van der Waals surface area (Å²) < 4.78 is 4.76. The van der Waals surface area contributed by atoms with Crippen molar-refractivity contribution in [3.05, 3.63) is 45.5 Å². The molecule has 0 aliphatic rings. The predicted molar refractivity (Wildman–Crippen MR) is 70.8 cm³/mol. The SMILES string of the molecule is C/C=C(/C)C(=O)OC(=O)c1c(C)cc(C)cc1Cl. The lowest BCUT2D eigenvalue weighted by molar-refractivity contribution is -0.133. The molecule has 0 N–H and O–H groups in total. The zero-order valence-electron chi connectivity index (χ0n) is 10.8. The number of hydrogen-bond acceptors (Lipinski definition) is 3. The number of ether oxygens (including phenoxy) is 1. The molecule has 4 heteroatoms. The summed E-state index contributed by atoms with van der Waals surface area (Å²) in [6.07, 6.45) is 1.58. The van der Waals surface area contributed by atoms with Gasteiger partial charge in [0.2, 0.25) is 0 Å². The van der Waals surface area contributed by atoms with E-state index < -0.39 is 11.9 Å². The van der Waals surface area contributed by atoms with Crippen LogP contribution in [-0.2, 0) is 9.53 Å². The van der Waals surface area contributed by atoms with E-state index in [1.54, 1.807) is 32.9 Å². The van der Waals surface area contributed by atoms with E-state index in [9.17, 15) is 9.59 Å². The zero-order chi connectivity index (χ0) is 13.9. The van der Waals surface area contributed by atoms with E-state index >= 15 is 0 Å². The molecular weight excluding hydrogens is 252 g/mol. The summed E-state index contributed by atoms with van der Waals surface area (Å²) in [5.41, 5.74) is 2.25. The van der Waals surface area contributed by atoms with Gasteiger partial charge in [0, 0.05) is 5.57 Å². The predicted octanol–water partition coefficient (Wildman–Crippen LogP) is 3.61. The van der Waals surface area contributed by atoms with Crippen molar-refractivity contribution < 1.29 is 14.3 Å². The van der Waals surface area contributed by atoms with Crippen LogP contribution in [0.5, 0.6) is 0 Å². The number of carbonyl (C=O) groups excluding carboxylic acids is 2. The Hall–Kier alpha value is -1.61. The molecule has 0 aliphatic heterocycles. The maximum Gasteiger partial charge on any atom is 0.347 e. The van der Waals surface area contributed by atoms with Crippen molar-refractivity contribution >= 4 is 23.5 Å². The van der Waals surface area contributed by atoms with Gasteiger partial charge in [-0.15, -0.1) is 0 Å². The molecule has 96 valence electrons. The first kappa shape index (κ1) is 14.5. The molecule has 3 nitrogen and oxygen atoms in total. The normalized spacial score (nSPS) is 11.3. The first-order chi connectivity index (χ1) is 8.36. The van der Waals surface area contributed by atoms with E-state index in [-0.39, 0.29) is 5.56 Å². The minimum Gasteiger partial charge on any atom is -0.386 e. The second-order valence-electron chi connectivity index (χ2n) is 4.09. The van der Waals surface area contributed by atoms with Gasteiger partial charge < -0.3 is 4.74 Å². The van der Waals surface area contributed by atoms with Crippen LogP contribution < -0.4 is 0 Å². The van der Waals surface area contributed by atoms with E-state index in [2.05, 4.69) is 0 Å². The molecule has 1 rings (SSSR count). The summed E-state index contributed by atoms with van der Waals surface area (Å²) in [6.45, 7) is 6.91. The quantitative estimate of drug-likeness (QED) is 0.467. The fourth-order valence-electron chi connectivity index (χ4n) is 1.51. The van der Waals surface area contributed by atoms with Crippen molar-refractivity contribution in [3.8, 4) is 0 Å². The van der Waals surface area contributed by atoms with Crippen molar-refractivity contribution in [2.75, 3.05) is 0 Å². The van der Waals surface area contributed by atoms with Gasteiger partial charge in [-0.25, -0.2) is 9.59 Å². The van der Waals surface area contributed by atoms with Gasteiger partial charge in [-0.2, -0.15) is 0 Å². The first-order valence-corrected chi connectivity index (χ1v) is 5.90. The molecule has 0 radical (unpaired) electrons. The zero-order valence-corrected chi connectivity index (χ0v) is 11.6. The van der Waals surface area contributed by atoms with Gasteiger partial charge in [0.05, 0.1) is 10.6 Å². The van der Waals surface area contributed by atoms with E-state index in [4.69, 9.17) is 16.3 Å². The Morgan fingerprint density at radius 3 is 2.39 bits per heavy atom. The molecule has 0 fully saturated rings. The summed E-state index contributed by atoms with van der Waals surface area (Å²) in [5, 5.41) is 0.295. The molecule has 0 atom stereocenters. The van der Waals surface area contributed by atoms with Gasteiger partial charge in [-0.1, -0.05) is 23.7 Å². The number of rotatable bonds is 2. The standard InChI is InChI=1S/C14H15ClO3/c1-5-9(3)13(16)18-14(17)12-10(4)6-8(2)7-11(12)15/h5-7H,1-4H3/b9-5-. The highest BCUT2D eigenvalue weighted by Crippen LogP contribution is 2.23. The van der Waals surface area contributed by atoms with Crippen LogP contribution in [0.15, 0.2) is 23.8 Å². The van der Waals surface area contributed by atoms with Gasteiger partial charge in [0.25, 0.3) is 0 Å². The van der Waals surface area contributed by atoms with Crippen LogP contribution in [-0.4, -0.2) is 11.9 Å². The molecule has 0 saturated heterocycles. The van der Waals surface area contributed by atoms with Gasteiger partial charge >= 0.3 is 11.9 Å². The van der Waals surface area contributed by atoms with Gasteiger partial charge in [0.15, 0.2) is 0 Å². The van der Waals surface area contributed by atoms with Crippen molar-refractivity contribution in [2.24, 2.45) is 0 Å². The lowest BCUT2D eigenvalue weighted by Crippen LogP contribution is -2.15. The Morgan fingerprint density at radius 2 is 1.89 bits per heavy atom. The molecular formula is C14H15ClO3. The number of halogens is 1. The molecule has 0 saturated carbocycles. The second-order valence-corrected chi connectivity index (χ2v) is 4.49. The Labute approximate surface area is 111 Å². The largest absolute Gasteiger partial charge is 0.386 e. The lowest BCUT2D eigenvalue weighted by atomic mass is 10.1. The van der Waals surface area contributed by atoms with Crippen molar-refractivity contribution in [2.45, 2.75) is 27.7 Å². The van der Waals surface area contributed by atoms with Crippen LogP contribution in [0, 0.1) is 13.8 Å². The fraction of sp³-hybridized carbons (Fsp3) is 0.286. The summed E-state index contributed by atoms with van der Waals surface area (Å²) in [6, 6.07) is 3.48. The van der Waals surface area contributed by atoms with Crippen LogP contribution in [0.3, 0.4) is 0 Å². The molecule has 0 heterocycles. The van der Waals surface area contributed by atoms with Crippen LogP contribution in [0.1, 0.15) is 35.3 Å². The number of carbonyl (C=O) groups is 2. The summed E-state index contributed by atoms with van der Waals surface area (Å²) >= 11 is 6.00. The van der Waals surface area contributed by atoms with E-state index in [1.165, 1.54) is 0 Å². The number of aryl methyl sites for hydroxylation is 2. The average Bonchev–Trinajstić information content (AvgIpc) is 2.26. The molecule has 0 amide bonds. The molecule has 18 heavy (non-hydrogen) atoms. The molecule has 0 bridgehead atoms. The number of hydrogen-bond donors (Lipinski definition) is 0. The first-order valence-electron chi connectivity index (χ1n) is 5.53. The molecule has 1 aromatic rings. The Bertz CT molecular complexity index is 507. The number of allylic oxidation sites excluding steroid dienone is 1. The highest BCUT2D eigenvalue weighted by molar-refractivity contribution is 6.34. The minimum absolute atomic E-state index is 0.236. The average molecular weight is 267 g/mol. The van der Waals surface area contributed by atoms with Gasteiger partial charge in [-0.3, -0.25) is 0 Å². The molecule has 0 aliphatic carbocycles. The Morgan fingerprint density at radius 1 is 1.28 bits per heavy atom. The maximum absolute atomic E-state index is 11.9. The number of esters is 2. The van der Waals surface area contributed by atoms with Crippen LogP contribution in [0.2, 0.25) is 5.02 Å². The third-order valence-electron chi connectivity index (χ3n) is 2.58. The lowest BCUT2D eigenvalue weighted by Gasteiger charge is -2.08. The van der Waals surface area contributed by atoms with Crippen molar-refractivity contribution in [1.82, 2.24) is 0 Å². The number of benzene rings is 1. The molecule has 0 aromatic heterocycles. The summed E-state index contributed by atoms with van der Waals surface area (Å²) in [7, 11) is 0. The molecule has 1 aromatic carbocycles. The summed E-state index contributed by atoms with van der Waals surface area (Å²) in [5.74, 6) is -1.37. The van der Waals surface area contributed by atoms with Crippen LogP contribution in [0.4, 0.5) is 0 Å². The fourth-order valence-corrected chi connectivity index (χ4v) is 1.91. The van der Waals surface area contributed by atoms with Crippen molar-refractivity contribution in [3.63, 3.8) is 0 Å². The van der Waals surface area contributed by atoms with Crippen LogP contribution >= 0.6 is 11.6 Å². The Kier molecular flexibility index (Phi) is 4.68. The van der Waals surface area contributed by atoms with Gasteiger partial charge in [-0.05, 0) is 44.9 Å². The van der Waals surface area contributed by atoms with E-state index in [0.717, 1.165) is 5.56 Å². The second kappa shape index (κ2) is 5.83. The van der Waals surface area contributed by atoms with Crippen LogP contribution in [0.25, 0.3) is 0 Å². The summed E-state index contributed by atoms with van der Waals surface area (Å²) in [4.78, 5) is 23.4. The van der Waals surface area contributed by atoms with E-state index in [1.807, 2.05) is 13.0 Å². The van der Waals surface area contributed by atoms with Crippen molar-refractivity contribution in [1.29, 1.82) is 0 Å². The topological polar surface area (TPSA) is 43.4 Å². The Balaban J connectivity index is 3.03. The third-order valence-corrected chi connectivity index (χ3v) is 2.87.